The predicted molar refractivity (Wildman–Crippen MR) is 62.7 cm³/mol. The van der Waals surface area contributed by atoms with Gasteiger partial charge in [-0.25, -0.2) is 0 Å². The number of ether oxygens (including phenoxy) is 1. The molecule has 82 valence electrons. The third kappa shape index (κ3) is 1.86. The number of methoxy groups -OCH3 is 1. The van der Waals surface area contributed by atoms with Gasteiger partial charge in [0.1, 0.15) is 5.75 Å². The van der Waals surface area contributed by atoms with E-state index in [4.69, 9.17) is 4.74 Å². The van der Waals surface area contributed by atoms with Gasteiger partial charge in [-0.1, -0.05) is 6.07 Å². The minimum absolute atomic E-state index is 0.625. The van der Waals surface area contributed by atoms with Crippen LogP contribution in [-0.4, -0.2) is 20.2 Å². The Morgan fingerprint density at radius 2 is 2.13 bits per heavy atom. The Morgan fingerprint density at radius 3 is 2.73 bits per heavy atom. The van der Waals surface area contributed by atoms with Gasteiger partial charge in [-0.3, -0.25) is 0 Å². The van der Waals surface area contributed by atoms with E-state index >= 15 is 0 Å². The number of rotatable bonds is 2. The maximum absolute atomic E-state index is 5.47. The van der Waals surface area contributed by atoms with Crippen molar-refractivity contribution in [3.05, 3.63) is 28.8 Å². The fourth-order valence-corrected chi connectivity index (χ4v) is 2.40. The third-order valence-corrected chi connectivity index (χ3v) is 3.43. The number of hydrogen-bond donors (Lipinski definition) is 1. The molecule has 1 unspecified atom stereocenters. The van der Waals surface area contributed by atoms with Crippen LogP contribution in [0.1, 0.15) is 29.0 Å². The van der Waals surface area contributed by atoms with Gasteiger partial charge >= 0.3 is 0 Å². The highest BCUT2D eigenvalue weighted by atomic mass is 16.5. The van der Waals surface area contributed by atoms with Crippen molar-refractivity contribution in [3.63, 3.8) is 0 Å². The number of hydrogen-bond acceptors (Lipinski definition) is 2. The normalized spacial score (nSPS) is 20.6. The van der Waals surface area contributed by atoms with Gasteiger partial charge < -0.3 is 10.1 Å². The molecule has 1 fully saturated rings. The Kier molecular flexibility index (Phi) is 2.96. The summed E-state index contributed by atoms with van der Waals surface area (Å²) < 4.78 is 5.47. The third-order valence-electron chi connectivity index (χ3n) is 3.43. The van der Waals surface area contributed by atoms with Crippen LogP contribution >= 0.6 is 0 Å². The van der Waals surface area contributed by atoms with E-state index in [0.717, 1.165) is 18.8 Å². The zero-order valence-corrected chi connectivity index (χ0v) is 9.76. The standard InChI is InChI=1S/C13H19NO/c1-9-4-5-12(15-3)13(10(9)2)11-6-7-14-8-11/h4-5,11,14H,6-8H2,1-3H3. The fourth-order valence-electron chi connectivity index (χ4n) is 2.40. The SMILES string of the molecule is COc1ccc(C)c(C)c1C1CCNC1. The quantitative estimate of drug-likeness (QED) is 0.800. The average molecular weight is 205 g/mol. The summed E-state index contributed by atoms with van der Waals surface area (Å²) in [6.07, 6.45) is 1.22. The lowest BCUT2D eigenvalue weighted by atomic mass is 9.91. The molecule has 0 saturated carbocycles. The van der Waals surface area contributed by atoms with Crippen molar-refractivity contribution in [2.75, 3.05) is 20.2 Å². The topological polar surface area (TPSA) is 21.3 Å². The van der Waals surface area contributed by atoms with E-state index in [-0.39, 0.29) is 0 Å². The number of benzene rings is 1. The Balaban J connectivity index is 2.45. The largest absolute Gasteiger partial charge is 0.496 e. The Labute approximate surface area is 91.6 Å². The van der Waals surface area contributed by atoms with Crippen LogP contribution in [-0.2, 0) is 0 Å². The van der Waals surface area contributed by atoms with E-state index in [0.29, 0.717) is 5.92 Å². The van der Waals surface area contributed by atoms with Gasteiger partial charge in [0.15, 0.2) is 0 Å². The van der Waals surface area contributed by atoms with Crippen LogP contribution in [0.3, 0.4) is 0 Å². The minimum Gasteiger partial charge on any atom is -0.496 e. The monoisotopic (exact) mass is 205 g/mol. The molecule has 1 aliphatic heterocycles. The number of nitrogens with one attached hydrogen (secondary N) is 1. The molecule has 0 aromatic heterocycles. The molecule has 1 aromatic carbocycles. The predicted octanol–water partition coefficient (Wildman–Crippen LogP) is 2.39. The zero-order valence-electron chi connectivity index (χ0n) is 9.76. The van der Waals surface area contributed by atoms with Crippen molar-refractivity contribution in [2.24, 2.45) is 0 Å². The van der Waals surface area contributed by atoms with Gasteiger partial charge in [-0.05, 0) is 44.0 Å². The zero-order chi connectivity index (χ0) is 10.8. The second-order valence-electron chi connectivity index (χ2n) is 4.31. The summed E-state index contributed by atoms with van der Waals surface area (Å²) in [5.74, 6) is 1.67. The molecule has 15 heavy (non-hydrogen) atoms. The van der Waals surface area contributed by atoms with Crippen molar-refractivity contribution in [2.45, 2.75) is 26.2 Å². The highest BCUT2D eigenvalue weighted by Gasteiger charge is 2.22. The minimum atomic E-state index is 0.625. The van der Waals surface area contributed by atoms with Crippen LogP contribution in [0.5, 0.6) is 5.75 Å². The molecule has 0 bridgehead atoms. The molecule has 0 spiro atoms. The maximum Gasteiger partial charge on any atom is 0.122 e. The van der Waals surface area contributed by atoms with Crippen LogP contribution in [0.15, 0.2) is 12.1 Å². The maximum atomic E-state index is 5.47. The molecule has 1 atom stereocenters. The first-order valence-electron chi connectivity index (χ1n) is 5.59. The molecule has 0 aliphatic carbocycles. The molecule has 0 radical (unpaired) electrons. The highest BCUT2D eigenvalue weighted by molar-refractivity contribution is 5.46. The molecule has 2 heteroatoms. The van der Waals surface area contributed by atoms with Gasteiger partial charge in [0.25, 0.3) is 0 Å². The molecule has 0 amide bonds. The Hall–Kier alpha value is -1.02. The lowest BCUT2D eigenvalue weighted by molar-refractivity contribution is 0.405. The summed E-state index contributed by atoms with van der Waals surface area (Å²) in [6, 6.07) is 4.23. The van der Waals surface area contributed by atoms with Gasteiger partial charge in [0.05, 0.1) is 7.11 Å². The van der Waals surface area contributed by atoms with E-state index in [9.17, 15) is 0 Å². The molecule has 2 rings (SSSR count). The van der Waals surface area contributed by atoms with Crippen molar-refractivity contribution in [3.8, 4) is 5.75 Å². The van der Waals surface area contributed by atoms with E-state index in [2.05, 4.69) is 31.3 Å². The first-order chi connectivity index (χ1) is 7.24. The van der Waals surface area contributed by atoms with Crippen molar-refractivity contribution in [1.82, 2.24) is 5.32 Å². The highest BCUT2D eigenvalue weighted by Crippen LogP contribution is 2.34. The van der Waals surface area contributed by atoms with Crippen LogP contribution < -0.4 is 10.1 Å². The van der Waals surface area contributed by atoms with Crippen molar-refractivity contribution in [1.29, 1.82) is 0 Å². The van der Waals surface area contributed by atoms with Crippen LogP contribution in [0.2, 0.25) is 0 Å². The second kappa shape index (κ2) is 4.23. The first-order valence-corrected chi connectivity index (χ1v) is 5.59. The lowest BCUT2D eigenvalue weighted by Crippen LogP contribution is -2.10. The van der Waals surface area contributed by atoms with Crippen LogP contribution in [0.25, 0.3) is 0 Å². The Morgan fingerprint density at radius 1 is 1.33 bits per heavy atom. The smallest absolute Gasteiger partial charge is 0.122 e. The summed E-state index contributed by atoms with van der Waals surface area (Å²) >= 11 is 0. The first kappa shape index (κ1) is 10.5. The molecule has 1 N–H and O–H groups in total. The number of aryl methyl sites for hydroxylation is 1. The van der Waals surface area contributed by atoms with E-state index in [1.165, 1.54) is 23.1 Å². The Bertz CT molecular complexity index is 354. The molecule has 1 aromatic rings. The molecular weight excluding hydrogens is 186 g/mol. The molecule has 2 nitrogen and oxygen atoms in total. The molecule has 1 heterocycles. The van der Waals surface area contributed by atoms with E-state index in [1.54, 1.807) is 7.11 Å². The lowest BCUT2D eigenvalue weighted by Gasteiger charge is -2.18. The fraction of sp³-hybridized carbons (Fsp3) is 0.538. The van der Waals surface area contributed by atoms with Gasteiger partial charge in [0.2, 0.25) is 0 Å². The van der Waals surface area contributed by atoms with Gasteiger partial charge in [-0.2, -0.15) is 0 Å². The summed E-state index contributed by atoms with van der Waals surface area (Å²) in [6.45, 7) is 6.58. The molecule has 1 saturated heterocycles. The summed E-state index contributed by atoms with van der Waals surface area (Å²) in [5, 5.41) is 3.41. The van der Waals surface area contributed by atoms with Crippen molar-refractivity contribution >= 4 is 0 Å². The summed E-state index contributed by atoms with van der Waals surface area (Å²) in [5.41, 5.74) is 4.16. The van der Waals surface area contributed by atoms with Crippen LogP contribution in [0.4, 0.5) is 0 Å². The van der Waals surface area contributed by atoms with E-state index < -0.39 is 0 Å². The van der Waals surface area contributed by atoms with Crippen LogP contribution in [0, 0.1) is 13.8 Å². The van der Waals surface area contributed by atoms with Crippen molar-refractivity contribution < 1.29 is 4.74 Å². The summed E-state index contributed by atoms with van der Waals surface area (Å²) in [7, 11) is 1.76. The molecule has 1 aliphatic rings. The van der Waals surface area contributed by atoms with E-state index in [1.807, 2.05) is 0 Å². The average Bonchev–Trinajstić information content (AvgIpc) is 2.75. The van der Waals surface area contributed by atoms with Gasteiger partial charge in [-0.15, -0.1) is 0 Å². The summed E-state index contributed by atoms with van der Waals surface area (Å²) in [4.78, 5) is 0. The second-order valence-corrected chi connectivity index (χ2v) is 4.31. The molecular formula is C13H19NO. The van der Waals surface area contributed by atoms with Gasteiger partial charge in [0, 0.05) is 18.0 Å².